The number of anilines is 1. The van der Waals surface area contributed by atoms with Crippen molar-refractivity contribution in [1.82, 2.24) is 19.2 Å². The van der Waals surface area contributed by atoms with Gasteiger partial charge in [0.1, 0.15) is 10.3 Å². The molecule has 1 aliphatic carbocycles. The lowest BCUT2D eigenvalue weighted by Gasteiger charge is -2.31. The zero-order valence-corrected chi connectivity index (χ0v) is 21.8. The number of nitrogens with zero attached hydrogens (tertiary/aromatic N) is 4. The maximum atomic E-state index is 13.5. The number of carbonyl (C=O) groups is 1. The van der Waals surface area contributed by atoms with E-state index >= 15 is 0 Å². The first-order chi connectivity index (χ1) is 17.3. The Morgan fingerprint density at radius 2 is 1.78 bits per heavy atom. The normalized spacial score (nSPS) is 19.1. The summed E-state index contributed by atoms with van der Waals surface area (Å²) in [6, 6.07) is 9.53. The number of likely N-dealkylation sites (N-methyl/N-ethyl adjacent to an activating group) is 1. The summed E-state index contributed by atoms with van der Waals surface area (Å²) < 4.78 is 41.2. The van der Waals surface area contributed by atoms with Crippen LogP contribution in [0.5, 0.6) is 0 Å². The first-order valence-corrected chi connectivity index (χ1v) is 14.6. The Hall–Kier alpha value is -2.47. The minimum absolute atomic E-state index is 0.198. The number of benzene rings is 1. The van der Waals surface area contributed by atoms with Crippen LogP contribution in [0.15, 0.2) is 41.3 Å². The minimum atomic E-state index is -3.58. The van der Waals surface area contributed by atoms with Crippen LogP contribution in [0.25, 0.3) is 10.3 Å². The average Bonchev–Trinajstić information content (AvgIpc) is 3.52. The zero-order chi connectivity index (χ0) is 25.3. The van der Waals surface area contributed by atoms with E-state index < -0.39 is 21.9 Å². The maximum Gasteiger partial charge on any atom is 0.243 e. The Kier molecular flexibility index (Phi) is 7.34. The molecule has 5 rings (SSSR count). The van der Waals surface area contributed by atoms with Crippen LogP contribution in [-0.4, -0.2) is 66.7 Å². The number of pyridine rings is 1. The lowest BCUT2D eigenvalue weighted by atomic mass is 9.87. The van der Waals surface area contributed by atoms with Crippen molar-refractivity contribution in [3.8, 4) is 0 Å². The van der Waals surface area contributed by atoms with E-state index in [0.29, 0.717) is 54.0 Å². The summed E-state index contributed by atoms with van der Waals surface area (Å²) in [6.45, 7) is 2.34. The predicted molar refractivity (Wildman–Crippen MR) is 138 cm³/mol. The molecule has 0 bridgehead atoms. The monoisotopic (exact) mass is 531 g/mol. The molecule has 3 aromatic rings. The topological polar surface area (TPSA) is 95.5 Å². The molecule has 11 heteroatoms. The van der Waals surface area contributed by atoms with Crippen LogP contribution in [0.4, 0.5) is 9.52 Å². The molecule has 0 spiro atoms. The number of nitrogens with one attached hydrogen (secondary N) is 1. The summed E-state index contributed by atoms with van der Waals surface area (Å²) in [7, 11) is -1.59. The Labute approximate surface area is 214 Å². The van der Waals surface area contributed by atoms with Crippen LogP contribution in [0, 0.1) is 11.9 Å². The van der Waals surface area contributed by atoms with Gasteiger partial charge in [0.15, 0.2) is 5.13 Å². The molecule has 2 aromatic heterocycles. The van der Waals surface area contributed by atoms with Crippen molar-refractivity contribution in [2.45, 2.75) is 42.9 Å². The molecule has 1 saturated carbocycles. The molecule has 192 valence electrons. The SMILES string of the molecule is CN1CCN(S(=O)(=O)c2ccc(C(CC3CCCC3)C(=O)Nc3nc4ccc(F)nc4s3)cc2)CC1. The fourth-order valence-electron chi connectivity index (χ4n) is 5.06. The highest BCUT2D eigenvalue weighted by molar-refractivity contribution is 7.89. The number of piperazine rings is 1. The van der Waals surface area contributed by atoms with Crippen molar-refractivity contribution < 1.29 is 17.6 Å². The second-order valence-electron chi connectivity index (χ2n) is 9.68. The largest absolute Gasteiger partial charge is 0.304 e. The molecule has 1 aromatic carbocycles. The van der Waals surface area contributed by atoms with Gasteiger partial charge >= 0.3 is 0 Å². The van der Waals surface area contributed by atoms with Crippen molar-refractivity contribution in [3.63, 3.8) is 0 Å². The van der Waals surface area contributed by atoms with Crippen LogP contribution in [0.2, 0.25) is 0 Å². The first-order valence-electron chi connectivity index (χ1n) is 12.3. The smallest absolute Gasteiger partial charge is 0.243 e. The van der Waals surface area contributed by atoms with Gasteiger partial charge in [-0.05, 0) is 49.2 Å². The van der Waals surface area contributed by atoms with Crippen molar-refractivity contribution in [2.75, 3.05) is 38.5 Å². The fraction of sp³-hybridized carbons (Fsp3) is 0.480. The second kappa shape index (κ2) is 10.5. The van der Waals surface area contributed by atoms with Gasteiger partial charge in [0, 0.05) is 26.2 Å². The summed E-state index contributed by atoms with van der Waals surface area (Å²) >= 11 is 1.13. The van der Waals surface area contributed by atoms with E-state index in [0.717, 1.165) is 42.6 Å². The summed E-state index contributed by atoms with van der Waals surface area (Å²) in [5, 5.41) is 3.27. The molecule has 2 fully saturated rings. The van der Waals surface area contributed by atoms with E-state index in [4.69, 9.17) is 0 Å². The van der Waals surface area contributed by atoms with Crippen LogP contribution in [0.1, 0.15) is 43.6 Å². The number of hydrogen-bond acceptors (Lipinski definition) is 7. The van der Waals surface area contributed by atoms with E-state index in [1.54, 1.807) is 30.3 Å². The Morgan fingerprint density at radius 3 is 2.47 bits per heavy atom. The minimum Gasteiger partial charge on any atom is -0.304 e. The van der Waals surface area contributed by atoms with Crippen LogP contribution in [0.3, 0.4) is 0 Å². The number of fused-ring (bicyclic) bond motifs is 1. The molecule has 1 amide bonds. The molecule has 3 heterocycles. The highest BCUT2D eigenvalue weighted by atomic mass is 32.2. The predicted octanol–water partition coefficient (Wildman–Crippen LogP) is 4.07. The molecule has 1 saturated heterocycles. The standard InChI is InChI=1S/C25H30FN5O3S2/c1-30-12-14-31(15-13-30)36(33,34)19-8-6-18(7-9-19)20(16-17-4-2-3-5-17)23(32)29-25-27-21-10-11-22(26)28-24(21)35-25/h6-11,17,20H,2-5,12-16H2,1H3,(H,27,29,32). The summed E-state index contributed by atoms with van der Waals surface area (Å²) in [6.07, 6.45) is 5.19. The first kappa shape index (κ1) is 25.2. The van der Waals surface area contributed by atoms with E-state index in [-0.39, 0.29) is 10.8 Å². The number of sulfonamides is 1. The second-order valence-corrected chi connectivity index (χ2v) is 12.6. The van der Waals surface area contributed by atoms with E-state index in [1.165, 1.54) is 10.4 Å². The number of aromatic nitrogens is 2. The number of amides is 1. The van der Waals surface area contributed by atoms with Gasteiger partial charge in [0.25, 0.3) is 0 Å². The van der Waals surface area contributed by atoms with Crippen LogP contribution >= 0.6 is 11.3 Å². The molecule has 8 nitrogen and oxygen atoms in total. The van der Waals surface area contributed by atoms with E-state index in [9.17, 15) is 17.6 Å². The maximum absolute atomic E-state index is 13.5. The molecule has 1 atom stereocenters. The molecular formula is C25H30FN5O3S2. The zero-order valence-electron chi connectivity index (χ0n) is 20.2. The summed E-state index contributed by atoms with van der Waals surface area (Å²) in [5.74, 6) is -0.781. The molecular weight excluding hydrogens is 501 g/mol. The molecule has 36 heavy (non-hydrogen) atoms. The molecule has 2 aliphatic rings. The lowest BCUT2D eigenvalue weighted by molar-refractivity contribution is -0.118. The third kappa shape index (κ3) is 5.44. The average molecular weight is 532 g/mol. The van der Waals surface area contributed by atoms with E-state index in [1.807, 2.05) is 7.05 Å². The van der Waals surface area contributed by atoms with Gasteiger partial charge in [-0.25, -0.2) is 18.4 Å². The highest BCUT2D eigenvalue weighted by Crippen LogP contribution is 2.36. The third-order valence-corrected chi connectivity index (χ3v) is 9.99. The third-order valence-electron chi connectivity index (χ3n) is 7.19. The van der Waals surface area contributed by atoms with Gasteiger partial charge in [0.05, 0.1) is 10.8 Å². The number of hydrogen-bond donors (Lipinski definition) is 1. The quantitative estimate of drug-likeness (QED) is 0.462. The van der Waals surface area contributed by atoms with Gasteiger partial charge in [0.2, 0.25) is 21.9 Å². The molecule has 1 aliphatic heterocycles. The number of thiazole rings is 1. The Morgan fingerprint density at radius 1 is 1.08 bits per heavy atom. The van der Waals surface area contributed by atoms with Gasteiger partial charge in [-0.2, -0.15) is 8.70 Å². The Bertz CT molecular complexity index is 1330. The highest BCUT2D eigenvalue weighted by Gasteiger charge is 2.30. The van der Waals surface area contributed by atoms with Gasteiger partial charge in [-0.1, -0.05) is 49.2 Å². The number of rotatable bonds is 7. The lowest BCUT2D eigenvalue weighted by Crippen LogP contribution is -2.47. The molecule has 1 N–H and O–H groups in total. The number of carbonyl (C=O) groups excluding carboxylic acids is 1. The molecule has 1 unspecified atom stereocenters. The van der Waals surface area contributed by atoms with Crippen molar-refractivity contribution in [2.24, 2.45) is 5.92 Å². The number of halogens is 1. The van der Waals surface area contributed by atoms with E-state index in [2.05, 4.69) is 20.2 Å². The van der Waals surface area contributed by atoms with Gasteiger partial charge in [-0.3, -0.25) is 4.79 Å². The van der Waals surface area contributed by atoms with Crippen LogP contribution in [-0.2, 0) is 14.8 Å². The Balaban J connectivity index is 1.37. The van der Waals surface area contributed by atoms with Crippen LogP contribution < -0.4 is 5.32 Å². The van der Waals surface area contributed by atoms with Gasteiger partial charge in [-0.15, -0.1) is 0 Å². The summed E-state index contributed by atoms with van der Waals surface area (Å²) in [5.41, 5.74) is 1.31. The van der Waals surface area contributed by atoms with Crippen molar-refractivity contribution >= 4 is 42.7 Å². The summed E-state index contributed by atoms with van der Waals surface area (Å²) in [4.78, 5) is 24.4. The molecule has 0 radical (unpaired) electrons. The van der Waals surface area contributed by atoms with Gasteiger partial charge < -0.3 is 10.2 Å². The fourth-order valence-corrected chi connectivity index (χ4v) is 7.32. The van der Waals surface area contributed by atoms with Crippen molar-refractivity contribution in [3.05, 3.63) is 47.9 Å². The van der Waals surface area contributed by atoms with Crippen molar-refractivity contribution in [1.29, 1.82) is 0 Å².